The highest BCUT2D eigenvalue weighted by Gasteiger charge is 2.37. The number of nitrogens with two attached hydrogens (primary N) is 3. The van der Waals surface area contributed by atoms with Gasteiger partial charge in [0, 0.05) is 65.3 Å². The first-order valence-corrected chi connectivity index (χ1v) is 30.4. The molecule has 1 aliphatic heterocycles. The number of aromatic nitrogens is 2. The van der Waals surface area contributed by atoms with E-state index in [1.165, 1.54) is 6.20 Å². The number of benzene rings is 4. The van der Waals surface area contributed by atoms with E-state index < -0.39 is 101 Å². The third-order valence-corrected chi connectivity index (χ3v) is 16.7. The second-order valence-electron chi connectivity index (χ2n) is 21.9. The van der Waals surface area contributed by atoms with Crippen molar-refractivity contribution >= 4 is 102 Å². The van der Waals surface area contributed by atoms with Gasteiger partial charge in [0.1, 0.15) is 42.3 Å². The number of nitrogens with zero attached hydrogens (tertiary/aromatic N) is 1. The van der Waals surface area contributed by atoms with Gasteiger partial charge in [-0.2, -0.15) is 0 Å². The van der Waals surface area contributed by atoms with Crippen molar-refractivity contribution in [2.45, 2.75) is 120 Å². The lowest BCUT2D eigenvalue weighted by molar-refractivity contribution is -0.135. The van der Waals surface area contributed by atoms with Gasteiger partial charge in [-0.05, 0) is 101 Å². The summed E-state index contributed by atoms with van der Waals surface area (Å²) in [5.74, 6) is -6.36. The number of fused-ring (bicyclic) bond motifs is 2. The Hall–Kier alpha value is -7.50. The normalized spacial score (nSPS) is 20.6. The Morgan fingerprint density at radius 2 is 1.34 bits per heavy atom. The van der Waals surface area contributed by atoms with Crippen LogP contribution in [0.3, 0.4) is 0 Å². The van der Waals surface area contributed by atoms with Gasteiger partial charge in [0.2, 0.25) is 47.3 Å². The van der Waals surface area contributed by atoms with Crippen LogP contribution < -0.4 is 54.4 Å². The summed E-state index contributed by atoms with van der Waals surface area (Å²) >= 11 is 6.12. The van der Waals surface area contributed by atoms with Crippen molar-refractivity contribution in [2.75, 3.05) is 18.1 Å². The molecule has 8 amide bonds. The molecule has 8 atom stereocenters. The number of carbonyl (C=O) groups is 8. The average Bonchev–Trinajstić information content (AvgIpc) is 4.18. The summed E-state index contributed by atoms with van der Waals surface area (Å²) in [6, 6.07) is 20.5. The van der Waals surface area contributed by atoms with Gasteiger partial charge < -0.3 is 59.4 Å². The smallest absolute Gasteiger partial charge is 0.244 e. The number of H-pyrrole nitrogens is 1. The third kappa shape index (κ3) is 19.0. The van der Waals surface area contributed by atoms with Crippen molar-refractivity contribution in [3.63, 3.8) is 0 Å². The largest absolute Gasteiger partial charge is 0.368 e. The SMILES string of the molecule is CC(C)(C)C[C@@H]1NC(=O)[C@H](CCCCN)NC(=O)[C@@H](Cc2c[nH]c3ccccc23)NC(=O)[C@H](Cc2cccnc2)NC(=O)[C@H](NC(=O)[C@@H](N)Cc2ccc(Cl)cc2)CSSC[C@@H](C(=O)N[C@@H](Cc2ccc3ccccc3c2)C(N)=O)NC1=O. The summed E-state index contributed by atoms with van der Waals surface area (Å²) in [4.78, 5) is 123. The van der Waals surface area contributed by atoms with Gasteiger partial charge in [-0.25, -0.2) is 0 Å². The first-order chi connectivity index (χ1) is 39.7. The van der Waals surface area contributed by atoms with E-state index in [9.17, 15) is 38.4 Å². The van der Waals surface area contributed by atoms with Crippen LogP contribution in [0.4, 0.5) is 0 Å². The third-order valence-electron chi connectivity index (χ3n) is 14.0. The zero-order valence-electron chi connectivity index (χ0n) is 46.6. The van der Waals surface area contributed by atoms with Crippen molar-refractivity contribution in [1.29, 1.82) is 0 Å². The molecule has 20 nitrogen and oxygen atoms in total. The standard InChI is InChI=1S/C60H73ClN12O8S2/c1-60(2,3)30-49-57(79)73-51(58(80)68-46(52(64)74)27-36-17-20-38-12-4-5-13-39(38)25-36)34-83-82-33-50(72-53(75)43(63)26-35-18-21-41(61)22-19-35)59(81)69-47(28-37-11-10-24-65-31-37)55(77)70-48(29-40-32-66-44-15-7-6-14-42(40)44)56(78)67-45(54(76)71-49)16-8-9-23-62/h4-7,10-15,17-22,24-25,31-32,43,45-51,66H,8-9,16,23,26-30,33-34,62-63H2,1-3H3,(H2,64,74)(H,67,78)(H,68,80)(H,69,81)(H,70,77)(H,71,76)(H,72,75)(H,73,79)/t43-,45-,46-,47-,48+,49-,50+,51-/m0/s1. The summed E-state index contributed by atoms with van der Waals surface area (Å²) in [5.41, 5.74) is 21.1. The number of halogens is 1. The van der Waals surface area contributed by atoms with Crippen molar-refractivity contribution in [1.82, 2.24) is 47.2 Å². The van der Waals surface area contributed by atoms with Crippen molar-refractivity contribution in [2.24, 2.45) is 22.6 Å². The number of aromatic amines is 1. The van der Waals surface area contributed by atoms with Gasteiger partial charge in [-0.3, -0.25) is 43.3 Å². The molecule has 440 valence electrons. The molecule has 0 spiro atoms. The molecule has 3 heterocycles. The molecule has 0 radical (unpaired) electrons. The van der Waals surface area contributed by atoms with E-state index in [-0.39, 0.29) is 50.0 Å². The molecule has 1 saturated heterocycles. The Bertz CT molecular complexity index is 3240. The molecular formula is C60H73ClN12O8S2. The van der Waals surface area contributed by atoms with Crippen molar-refractivity contribution in [3.8, 4) is 0 Å². The fourth-order valence-electron chi connectivity index (χ4n) is 9.58. The van der Waals surface area contributed by atoms with Crippen molar-refractivity contribution in [3.05, 3.63) is 149 Å². The topological polar surface area (TPSA) is 328 Å². The van der Waals surface area contributed by atoms with Crippen LogP contribution in [0.2, 0.25) is 5.02 Å². The molecule has 6 aromatic rings. The summed E-state index contributed by atoms with van der Waals surface area (Å²) in [6.07, 6.45) is 5.80. The minimum absolute atomic E-state index is 0.0214. The van der Waals surface area contributed by atoms with Crippen LogP contribution in [0.15, 0.2) is 122 Å². The minimum Gasteiger partial charge on any atom is -0.368 e. The second kappa shape index (κ2) is 30.2. The monoisotopic (exact) mass is 1190 g/mol. The van der Waals surface area contributed by atoms with Crippen molar-refractivity contribution < 1.29 is 38.4 Å². The second-order valence-corrected chi connectivity index (χ2v) is 24.9. The van der Waals surface area contributed by atoms with Gasteiger partial charge >= 0.3 is 0 Å². The molecule has 1 fully saturated rings. The van der Waals surface area contributed by atoms with Crippen LogP contribution in [0.25, 0.3) is 21.7 Å². The average molecular weight is 1190 g/mol. The van der Waals surface area contributed by atoms with Crippen LogP contribution in [-0.2, 0) is 64.0 Å². The Morgan fingerprint density at radius 3 is 2.05 bits per heavy atom. The van der Waals surface area contributed by atoms with E-state index in [0.29, 0.717) is 46.7 Å². The highest BCUT2D eigenvalue weighted by Crippen LogP contribution is 2.26. The van der Waals surface area contributed by atoms with Gasteiger partial charge in [-0.1, -0.05) is 133 Å². The lowest BCUT2D eigenvalue weighted by Crippen LogP contribution is -2.61. The summed E-state index contributed by atoms with van der Waals surface area (Å²) in [6.45, 7) is 5.92. The Kier molecular flexibility index (Phi) is 22.9. The first-order valence-electron chi connectivity index (χ1n) is 27.5. The maximum Gasteiger partial charge on any atom is 0.244 e. The molecule has 23 heteroatoms. The molecule has 0 unspecified atom stereocenters. The number of hydrogen-bond acceptors (Lipinski definition) is 13. The number of para-hydroxylation sites is 1. The lowest BCUT2D eigenvalue weighted by Gasteiger charge is -2.30. The minimum atomic E-state index is -1.38. The number of amides is 8. The maximum atomic E-state index is 14.9. The molecule has 4 aromatic carbocycles. The van der Waals surface area contributed by atoms with Crippen LogP contribution in [-0.4, -0.2) is 124 Å². The lowest BCUT2D eigenvalue weighted by atomic mass is 9.87. The molecule has 0 aliphatic carbocycles. The molecule has 83 heavy (non-hydrogen) atoms. The van der Waals surface area contributed by atoms with E-state index in [1.807, 2.05) is 87.5 Å². The van der Waals surface area contributed by atoms with E-state index >= 15 is 0 Å². The fraction of sp³-hybridized carbons (Fsp3) is 0.383. The molecule has 2 aromatic heterocycles. The van der Waals surface area contributed by atoms with E-state index in [2.05, 4.69) is 47.2 Å². The first kappa shape index (κ1) is 63.1. The Balaban J connectivity index is 1.26. The number of unbranched alkanes of at least 4 members (excludes halogenated alkanes) is 1. The fourth-order valence-corrected chi connectivity index (χ4v) is 12.0. The molecule has 1 aliphatic rings. The highest BCUT2D eigenvalue weighted by atomic mass is 35.5. The van der Waals surface area contributed by atoms with E-state index in [4.69, 9.17) is 28.8 Å². The zero-order valence-corrected chi connectivity index (χ0v) is 49.0. The van der Waals surface area contributed by atoms with E-state index in [0.717, 1.165) is 43.3 Å². The van der Waals surface area contributed by atoms with Crippen LogP contribution in [0, 0.1) is 5.41 Å². The van der Waals surface area contributed by atoms with Gasteiger partial charge in [0.15, 0.2) is 0 Å². The van der Waals surface area contributed by atoms with Gasteiger partial charge in [0.25, 0.3) is 0 Å². The van der Waals surface area contributed by atoms with Gasteiger partial charge in [0.05, 0.1) is 6.04 Å². The quantitative estimate of drug-likeness (QED) is 0.0432. The highest BCUT2D eigenvalue weighted by molar-refractivity contribution is 8.76. The van der Waals surface area contributed by atoms with Gasteiger partial charge in [-0.15, -0.1) is 0 Å². The number of pyridine rings is 1. The Morgan fingerprint density at radius 1 is 0.699 bits per heavy atom. The number of primary amides is 1. The van der Waals surface area contributed by atoms with Crippen LogP contribution in [0.5, 0.6) is 0 Å². The van der Waals surface area contributed by atoms with Crippen LogP contribution >= 0.6 is 33.2 Å². The summed E-state index contributed by atoms with van der Waals surface area (Å²) in [5, 5.41) is 23.0. The summed E-state index contributed by atoms with van der Waals surface area (Å²) in [7, 11) is 2.15. The predicted octanol–water partition coefficient (Wildman–Crippen LogP) is 3.81. The zero-order chi connectivity index (χ0) is 59.6. The molecular weight excluding hydrogens is 1120 g/mol. The molecule has 14 N–H and O–H groups in total. The number of carbonyl (C=O) groups excluding carboxylic acids is 8. The number of hydrogen-bond donors (Lipinski definition) is 11. The number of rotatable bonds is 18. The Labute approximate surface area is 495 Å². The number of nitrogens with one attached hydrogen (secondary N) is 8. The maximum absolute atomic E-state index is 14.9. The molecule has 7 rings (SSSR count). The molecule has 0 bridgehead atoms. The molecule has 0 saturated carbocycles. The van der Waals surface area contributed by atoms with E-state index in [1.54, 1.807) is 48.8 Å². The van der Waals surface area contributed by atoms with Crippen LogP contribution in [0.1, 0.15) is 68.7 Å². The summed E-state index contributed by atoms with van der Waals surface area (Å²) < 4.78 is 0. The predicted molar refractivity (Wildman–Crippen MR) is 325 cm³/mol.